The molecule has 0 aliphatic carbocycles. The molecule has 20 heavy (non-hydrogen) atoms. The van der Waals surface area contributed by atoms with Crippen LogP contribution in [0.5, 0.6) is 5.75 Å². The third kappa shape index (κ3) is 2.39. The SMILES string of the molecule is COc1cccc2ccc(C(=O)C3CCOCC3)nc12. The van der Waals surface area contributed by atoms with Crippen LogP contribution in [0, 0.1) is 5.92 Å². The van der Waals surface area contributed by atoms with Crippen molar-refractivity contribution in [3.8, 4) is 5.75 Å². The summed E-state index contributed by atoms with van der Waals surface area (Å²) in [6, 6.07) is 9.48. The number of carbonyl (C=O) groups is 1. The van der Waals surface area contributed by atoms with Crippen molar-refractivity contribution in [3.63, 3.8) is 0 Å². The van der Waals surface area contributed by atoms with E-state index in [4.69, 9.17) is 9.47 Å². The number of methoxy groups -OCH3 is 1. The zero-order chi connectivity index (χ0) is 13.9. The van der Waals surface area contributed by atoms with Gasteiger partial charge in [0.25, 0.3) is 0 Å². The number of rotatable bonds is 3. The highest BCUT2D eigenvalue weighted by Crippen LogP contribution is 2.25. The number of ketones is 1. The quantitative estimate of drug-likeness (QED) is 0.805. The van der Waals surface area contributed by atoms with E-state index in [1.807, 2.05) is 24.3 Å². The third-order valence-corrected chi connectivity index (χ3v) is 3.75. The average molecular weight is 271 g/mol. The minimum Gasteiger partial charge on any atom is -0.494 e. The number of pyridine rings is 1. The van der Waals surface area contributed by atoms with Gasteiger partial charge >= 0.3 is 0 Å². The Labute approximate surface area is 117 Å². The number of nitrogens with zero attached hydrogens (tertiary/aromatic N) is 1. The van der Waals surface area contributed by atoms with Crippen LogP contribution in [0.25, 0.3) is 10.9 Å². The number of carbonyl (C=O) groups excluding carboxylic acids is 1. The molecule has 1 saturated heterocycles. The second-order valence-electron chi connectivity index (χ2n) is 4.98. The van der Waals surface area contributed by atoms with Crippen LogP contribution < -0.4 is 4.74 Å². The monoisotopic (exact) mass is 271 g/mol. The van der Waals surface area contributed by atoms with E-state index in [2.05, 4.69) is 4.98 Å². The first-order valence-corrected chi connectivity index (χ1v) is 6.85. The van der Waals surface area contributed by atoms with Crippen molar-refractivity contribution in [2.45, 2.75) is 12.8 Å². The highest BCUT2D eigenvalue weighted by atomic mass is 16.5. The van der Waals surface area contributed by atoms with Gasteiger partial charge in [-0.05, 0) is 25.0 Å². The summed E-state index contributed by atoms with van der Waals surface area (Å²) in [4.78, 5) is 17.0. The van der Waals surface area contributed by atoms with E-state index in [-0.39, 0.29) is 11.7 Å². The summed E-state index contributed by atoms with van der Waals surface area (Å²) in [5, 5.41) is 0.980. The number of aromatic nitrogens is 1. The average Bonchev–Trinajstić information content (AvgIpc) is 2.54. The molecule has 1 aliphatic heterocycles. The summed E-state index contributed by atoms with van der Waals surface area (Å²) >= 11 is 0. The second kappa shape index (κ2) is 5.59. The van der Waals surface area contributed by atoms with E-state index >= 15 is 0 Å². The fourth-order valence-corrected chi connectivity index (χ4v) is 2.59. The molecular weight excluding hydrogens is 254 g/mol. The van der Waals surface area contributed by atoms with E-state index < -0.39 is 0 Å². The summed E-state index contributed by atoms with van der Waals surface area (Å²) < 4.78 is 10.6. The molecule has 0 atom stereocenters. The smallest absolute Gasteiger partial charge is 0.184 e. The third-order valence-electron chi connectivity index (χ3n) is 3.75. The first-order valence-electron chi connectivity index (χ1n) is 6.85. The van der Waals surface area contributed by atoms with Crippen molar-refractivity contribution in [2.75, 3.05) is 20.3 Å². The molecule has 104 valence electrons. The lowest BCUT2D eigenvalue weighted by Gasteiger charge is -2.20. The van der Waals surface area contributed by atoms with Crippen molar-refractivity contribution < 1.29 is 14.3 Å². The molecular formula is C16H17NO3. The van der Waals surface area contributed by atoms with Crippen molar-refractivity contribution in [2.24, 2.45) is 5.92 Å². The van der Waals surface area contributed by atoms with Gasteiger partial charge in [0.2, 0.25) is 0 Å². The highest BCUT2D eigenvalue weighted by Gasteiger charge is 2.24. The van der Waals surface area contributed by atoms with E-state index in [9.17, 15) is 4.79 Å². The number of hydrogen-bond acceptors (Lipinski definition) is 4. The topological polar surface area (TPSA) is 48.4 Å². The molecule has 4 nitrogen and oxygen atoms in total. The number of benzene rings is 1. The van der Waals surface area contributed by atoms with E-state index in [0.717, 1.165) is 23.7 Å². The zero-order valence-electron chi connectivity index (χ0n) is 11.5. The van der Waals surface area contributed by atoms with E-state index in [1.165, 1.54) is 0 Å². The van der Waals surface area contributed by atoms with Crippen LogP contribution in [0.15, 0.2) is 30.3 Å². The largest absolute Gasteiger partial charge is 0.494 e. The van der Waals surface area contributed by atoms with Gasteiger partial charge in [0.05, 0.1) is 7.11 Å². The molecule has 2 aromatic rings. The van der Waals surface area contributed by atoms with Crippen LogP contribution in [0.3, 0.4) is 0 Å². The zero-order valence-corrected chi connectivity index (χ0v) is 11.5. The van der Waals surface area contributed by atoms with Gasteiger partial charge < -0.3 is 9.47 Å². The Hall–Kier alpha value is -1.94. The van der Waals surface area contributed by atoms with E-state index in [0.29, 0.717) is 24.7 Å². The molecule has 0 saturated carbocycles. The molecule has 1 aromatic heterocycles. The molecule has 2 heterocycles. The van der Waals surface area contributed by atoms with Crippen LogP contribution in [0.4, 0.5) is 0 Å². The Morgan fingerprint density at radius 1 is 1.25 bits per heavy atom. The number of ether oxygens (including phenoxy) is 2. The predicted octanol–water partition coefficient (Wildman–Crippen LogP) is 2.85. The standard InChI is InChI=1S/C16H17NO3/c1-19-14-4-2-3-11-5-6-13(17-15(11)14)16(18)12-7-9-20-10-8-12/h2-6,12H,7-10H2,1H3. The van der Waals surface area contributed by atoms with Gasteiger partial charge in [-0.1, -0.05) is 18.2 Å². The Morgan fingerprint density at radius 3 is 2.80 bits per heavy atom. The summed E-state index contributed by atoms with van der Waals surface area (Å²) in [5.41, 5.74) is 1.27. The van der Waals surface area contributed by atoms with Gasteiger partial charge in [-0.3, -0.25) is 4.79 Å². The maximum atomic E-state index is 12.5. The Bertz CT molecular complexity index is 633. The molecule has 3 rings (SSSR count). The van der Waals surface area contributed by atoms with Gasteiger partial charge in [0.15, 0.2) is 5.78 Å². The molecule has 0 radical (unpaired) electrons. The van der Waals surface area contributed by atoms with Gasteiger partial charge in [-0.15, -0.1) is 0 Å². The van der Waals surface area contributed by atoms with E-state index in [1.54, 1.807) is 13.2 Å². The van der Waals surface area contributed by atoms with Crippen LogP contribution in [0.1, 0.15) is 23.3 Å². The fourth-order valence-electron chi connectivity index (χ4n) is 2.59. The van der Waals surface area contributed by atoms with Crippen molar-refractivity contribution in [1.29, 1.82) is 0 Å². The number of hydrogen-bond donors (Lipinski definition) is 0. The second-order valence-corrected chi connectivity index (χ2v) is 4.98. The minimum absolute atomic E-state index is 0.0309. The predicted molar refractivity (Wildman–Crippen MR) is 76.2 cm³/mol. The van der Waals surface area contributed by atoms with Gasteiger partial charge in [-0.2, -0.15) is 0 Å². The first kappa shape index (κ1) is 13.1. The Kier molecular flexibility index (Phi) is 3.65. The van der Waals surface area contributed by atoms with Crippen LogP contribution in [0.2, 0.25) is 0 Å². The summed E-state index contributed by atoms with van der Waals surface area (Å²) in [7, 11) is 1.61. The molecule has 0 spiro atoms. The molecule has 0 amide bonds. The first-order chi connectivity index (χ1) is 9.79. The molecule has 0 unspecified atom stereocenters. The van der Waals surface area contributed by atoms with Gasteiger partial charge in [-0.25, -0.2) is 4.98 Å². The maximum Gasteiger partial charge on any atom is 0.184 e. The molecule has 1 fully saturated rings. The minimum atomic E-state index is 0.0309. The Balaban J connectivity index is 1.97. The van der Waals surface area contributed by atoms with Gasteiger partial charge in [0, 0.05) is 24.5 Å². The van der Waals surface area contributed by atoms with Crippen LogP contribution >= 0.6 is 0 Å². The van der Waals surface area contributed by atoms with Crippen LogP contribution in [-0.2, 0) is 4.74 Å². The summed E-state index contributed by atoms with van der Waals surface area (Å²) in [6.45, 7) is 1.32. The lowest BCUT2D eigenvalue weighted by Crippen LogP contribution is -2.24. The summed E-state index contributed by atoms with van der Waals surface area (Å²) in [6.07, 6.45) is 1.56. The lowest BCUT2D eigenvalue weighted by molar-refractivity contribution is 0.0542. The van der Waals surface area contributed by atoms with Gasteiger partial charge in [0.1, 0.15) is 17.0 Å². The van der Waals surface area contributed by atoms with Crippen molar-refractivity contribution >= 4 is 16.7 Å². The van der Waals surface area contributed by atoms with Crippen molar-refractivity contribution in [1.82, 2.24) is 4.98 Å². The molecule has 0 N–H and O–H groups in total. The Morgan fingerprint density at radius 2 is 2.05 bits per heavy atom. The van der Waals surface area contributed by atoms with Crippen LogP contribution in [-0.4, -0.2) is 31.1 Å². The normalized spacial score (nSPS) is 16.2. The maximum absolute atomic E-state index is 12.5. The molecule has 1 aliphatic rings. The number of para-hydroxylation sites is 1. The highest BCUT2D eigenvalue weighted by molar-refractivity contribution is 5.98. The molecule has 4 heteroatoms. The number of Topliss-reactive ketones (excluding diaryl/α,β-unsaturated/α-hetero) is 1. The fraction of sp³-hybridized carbons (Fsp3) is 0.375. The summed E-state index contributed by atoms with van der Waals surface area (Å²) in [5.74, 6) is 0.841. The molecule has 1 aromatic carbocycles. The number of fused-ring (bicyclic) bond motifs is 1. The molecule has 0 bridgehead atoms. The van der Waals surface area contributed by atoms with Crippen molar-refractivity contribution in [3.05, 3.63) is 36.0 Å². The lowest BCUT2D eigenvalue weighted by atomic mass is 9.93.